The fourth-order valence-electron chi connectivity index (χ4n) is 2.11. The minimum absolute atomic E-state index is 0.108. The molecule has 0 aliphatic carbocycles. The molecule has 1 fully saturated rings. The predicted molar refractivity (Wildman–Crippen MR) is 64.4 cm³/mol. The number of nitrogens with one attached hydrogen (secondary N) is 2. The Morgan fingerprint density at radius 2 is 2.38 bits per heavy atom. The third kappa shape index (κ3) is 5.47. The van der Waals surface area contributed by atoms with Crippen molar-refractivity contribution < 1.29 is 9.53 Å². The predicted octanol–water partition coefficient (Wildman–Crippen LogP) is 1.06. The highest BCUT2D eigenvalue weighted by Gasteiger charge is 2.14. The van der Waals surface area contributed by atoms with Crippen molar-refractivity contribution in [1.82, 2.24) is 10.6 Å². The first-order valence-electron chi connectivity index (χ1n) is 6.24. The summed E-state index contributed by atoms with van der Waals surface area (Å²) in [6.07, 6.45) is 5.34. The summed E-state index contributed by atoms with van der Waals surface area (Å²) in [4.78, 5) is 11.6. The second kappa shape index (κ2) is 7.63. The molecule has 0 saturated carbocycles. The largest absolute Gasteiger partial charge is 0.383 e. The molecule has 94 valence electrons. The summed E-state index contributed by atoms with van der Waals surface area (Å²) in [6, 6.07) is 0.647. The van der Waals surface area contributed by atoms with Crippen LogP contribution in [0.2, 0.25) is 0 Å². The Labute approximate surface area is 98.1 Å². The molecular formula is C12H24N2O2. The minimum Gasteiger partial charge on any atom is -0.383 e. The van der Waals surface area contributed by atoms with Crippen molar-refractivity contribution in [1.29, 1.82) is 0 Å². The highest BCUT2D eigenvalue weighted by Crippen LogP contribution is 2.11. The minimum atomic E-state index is 0.108. The zero-order valence-corrected chi connectivity index (χ0v) is 10.4. The third-order valence-corrected chi connectivity index (χ3v) is 2.96. The second-order valence-electron chi connectivity index (χ2n) is 4.61. The molecule has 0 aromatic carbocycles. The fourth-order valence-corrected chi connectivity index (χ4v) is 2.11. The van der Waals surface area contributed by atoms with Gasteiger partial charge in [0.2, 0.25) is 5.91 Å². The Balaban J connectivity index is 2.09. The highest BCUT2D eigenvalue weighted by atomic mass is 16.5. The van der Waals surface area contributed by atoms with E-state index < -0.39 is 0 Å². The lowest BCUT2D eigenvalue weighted by Gasteiger charge is -2.23. The van der Waals surface area contributed by atoms with Gasteiger partial charge in [-0.1, -0.05) is 6.42 Å². The number of piperidine rings is 1. The topological polar surface area (TPSA) is 50.4 Å². The zero-order chi connectivity index (χ0) is 11.8. The van der Waals surface area contributed by atoms with Gasteiger partial charge in [0.15, 0.2) is 0 Å². The van der Waals surface area contributed by atoms with Gasteiger partial charge in [0.1, 0.15) is 0 Å². The fraction of sp³-hybridized carbons (Fsp3) is 0.917. The number of rotatable bonds is 6. The molecule has 0 aromatic rings. The molecule has 1 aliphatic rings. The molecule has 4 nitrogen and oxygen atoms in total. The van der Waals surface area contributed by atoms with Gasteiger partial charge in [-0.3, -0.25) is 4.79 Å². The van der Waals surface area contributed by atoms with Gasteiger partial charge in [0.05, 0.1) is 6.61 Å². The molecule has 16 heavy (non-hydrogen) atoms. The maximum absolute atomic E-state index is 11.6. The van der Waals surface area contributed by atoms with E-state index in [1.807, 2.05) is 6.92 Å². The van der Waals surface area contributed by atoms with Crippen molar-refractivity contribution >= 4 is 5.91 Å². The van der Waals surface area contributed by atoms with Gasteiger partial charge in [-0.2, -0.15) is 0 Å². The lowest BCUT2D eigenvalue weighted by atomic mass is 10.0. The highest BCUT2D eigenvalue weighted by molar-refractivity contribution is 5.76. The quantitative estimate of drug-likeness (QED) is 0.714. The van der Waals surface area contributed by atoms with Gasteiger partial charge in [-0.05, 0) is 32.7 Å². The van der Waals surface area contributed by atoms with E-state index in [9.17, 15) is 4.79 Å². The Bertz CT molecular complexity index is 203. The van der Waals surface area contributed by atoms with Crippen LogP contribution in [0.4, 0.5) is 0 Å². The Hall–Kier alpha value is -0.610. The first kappa shape index (κ1) is 13.5. The molecular weight excluding hydrogens is 204 g/mol. The van der Waals surface area contributed by atoms with Crippen LogP contribution in [0.25, 0.3) is 0 Å². The molecule has 0 spiro atoms. The van der Waals surface area contributed by atoms with Crippen molar-refractivity contribution in [3.63, 3.8) is 0 Å². The zero-order valence-electron chi connectivity index (χ0n) is 10.4. The number of amides is 1. The van der Waals surface area contributed by atoms with Gasteiger partial charge in [-0.25, -0.2) is 0 Å². The number of carbonyl (C=O) groups excluding carboxylic acids is 1. The van der Waals surface area contributed by atoms with Crippen molar-refractivity contribution in [2.45, 2.75) is 51.1 Å². The van der Waals surface area contributed by atoms with E-state index in [0.29, 0.717) is 19.1 Å². The van der Waals surface area contributed by atoms with Gasteiger partial charge in [-0.15, -0.1) is 0 Å². The van der Waals surface area contributed by atoms with Gasteiger partial charge < -0.3 is 15.4 Å². The standard InChI is InChI=1S/C12H24N2O2/c1-10(9-16-2)14-12(15)7-6-11-5-3-4-8-13-11/h10-11,13H,3-9H2,1-2H3,(H,14,15). The third-order valence-electron chi connectivity index (χ3n) is 2.96. The second-order valence-corrected chi connectivity index (χ2v) is 4.61. The average Bonchev–Trinajstić information content (AvgIpc) is 2.28. The summed E-state index contributed by atoms with van der Waals surface area (Å²) in [5.41, 5.74) is 0. The monoisotopic (exact) mass is 228 g/mol. The van der Waals surface area contributed by atoms with Crippen LogP contribution in [0.1, 0.15) is 39.0 Å². The van der Waals surface area contributed by atoms with Crippen LogP contribution >= 0.6 is 0 Å². The number of carbonyl (C=O) groups is 1. The summed E-state index contributed by atoms with van der Waals surface area (Å²) in [7, 11) is 1.65. The molecule has 2 atom stereocenters. The average molecular weight is 228 g/mol. The summed E-state index contributed by atoms with van der Waals surface area (Å²) >= 11 is 0. The van der Waals surface area contributed by atoms with E-state index in [2.05, 4.69) is 10.6 Å². The summed E-state index contributed by atoms with van der Waals surface area (Å²) in [5.74, 6) is 0.136. The molecule has 2 N–H and O–H groups in total. The number of hydrogen-bond acceptors (Lipinski definition) is 3. The summed E-state index contributed by atoms with van der Waals surface area (Å²) in [6.45, 7) is 3.64. The van der Waals surface area contributed by atoms with E-state index in [0.717, 1.165) is 13.0 Å². The molecule has 1 aliphatic heterocycles. The lowest BCUT2D eigenvalue weighted by Crippen LogP contribution is -2.38. The molecule has 0 bridgehead atoms. The normalized spacial score (nSPS) is 22.8. The maximum atomic E-state index is 11.6. The van der Waals surface area contributed by atoms with E-state index >= 15 is 0 Å². The van der Waals surface area contributed by atoms with Crippen LogP contribution < -0.4 is 10.6 Å². The van der Waals surface area contributed by atoms with Crippen LogP contribution in [0.15, 0.2) is 0 Å². The first-order valence-corrected chi connectivity index (χ1v) is 6.24. The van der Waals surface area contributed by atoms with E-state index in [1.54, 1.807) is 7.11 Å². The molecule has 4 heteroatoms. The molecule has 2 unspecified atom stereocenters. The van der Waals surface area contributed by atoms with E-state index in [4.69, 9.17) is 4.74 Å². The molecule has 1 amide bonds. The smallest absolute Gasteiger partial charge is 0.220 e. The van der Waals surface area contributed by atoms with Gasteiger partial charge in [0, 0.05) is 25.6 Å². The molecule has 1 heterocycles. The van der Waals surface area contributed by atoms with E-state index in [-0.39, 0.29) is 11.9 Å². The van der Waals surface area contributed by atoms with Crippen LogP contribution in [0.3, 0.4) is 0 Å². The molecule has 1 saturated heterocycles. The summed E-state index contributed by atoms with van der Waals surface area (Å²) < 4.78 is 4.97. The van der Waals surface area contributed by atoms with Crippen LogP contribution in [-0.4, -0.2) is 38.3 Å². The Morgan fingerprint density at radius 3 is 3.00 bits per heavy atom. The van der Waals surface area contributed by atoms with Crippen molar-refractivity contribution in [3.05, 3.63) is 0 Å². The van der Waals surface area contributed by atoms with Crippen molar-refractivity contribution in [3.8, 4) is 0 Å². The molecule has 1 rings (SSSR count). The first-order chi connectivity index (χ1) is 7.72. The van der Waals surface area contributed by atoms with Crippen LogP contribution in [0.5, 0.6) is 0 Å². The number of hydrogen-bond donors (Lipinski definition) is 2. The molecule has 0 radical (unpaired) electrons. The number of ether oxygens (including phenoxy) is 1. The SMILES string of the molecule is COCC(C)NC(=O)CCC1CCCCN1. The van der Waals surface area contributed by atoms with Gasteiger partial charge >= 0.3 is 0 Å². The van der Waals surface area contributed by atoms with Crippen molar-refractivity contribution in [2.75, 3.05) is 20.3 Å². The Morgan fingerprint density at radius 1 is 1.56 bits per heavy atom. The van der Waals surface area contributed by atoms with Gasteiger partial charge in [0.25, 0.3) is 0 Å². The van der Waals surface area contributed by atoms with Crippen LogP contribution in [0, 0.1) is 0 Å². The lowest BCUT2D eigenvalue weighted by molar-refractivity contribution is -0.122. The Kier molecular flexibility index (Phi) is 6.42. The van der Waals surface area contributed by atoms with Crippen molar-refractivity contribution in [2.24, 2.45) is 0 Å². The molecule has 0 aromatic heterocycles. The summed E-state index contributed by atoms with van der Waals surface area (Å²) in [5, 5.41) is 6.38. The van der Waals surface area contributed by atoms with Crippen LogP contribution in [-0.2, 0) is 9.53 Å². The maximum Gasteiger partial charge on any atom is 0.220 e. The van der Waals surface area contributed by atoms with E-state index in [1.165, 1.54) is 19.3 Å². The number of methoxy groups -OCH3 is 1.